The summed E-state index contributed by atoms with van der Waals surface area (Å²) in [6, 6.07) is 0. The van der Waals surface area contributed by atoms with Gasteiger partial charge in [0.25, 0.3) is 0 Å². The third-order valence-electron chi connectivity index (χ3n) is 1.98. The van der Waals surface area contributed by atoms with Crippen molar-refractivity contribution in [3.05, 3.63) is 48.7 Å². The maximum absolute atomic E-state index is 3.95. The Kier molecular flexibility index (Phi) is 6.55. The van der Waals surface area contributed by atoms with Crippen molar-refractivity contribution in [2.24, 2.45) is 5.92 Å². The van der Waals surface area contributed by atoms with Crippen molar-refractivity contribution < 1.29 is 0 Å². The average molecular weight is 191 g/mol. The quantitative estimate of drug-likeness (QED) is 0.634. The van der Waals surface area contributed by atoms with Crippen LogP contribution in [0.5, 0.6) is 0 Å². The van der Waals surface area contributed by atoms with E-state index in [2.05, 4.69) is 32.3 Å². The van der Waals surface area contributed by atoms with E-state index in [1.54, 1.807) is 0 Å². The summed E-state index contributed by atoms with van der Waals surface area (Å²) >= 11 is 0. The number of allylic oxidation sites excluding steroid dienone is 4. The van der Waals surface area contributed by atoms with E-state index in [0.29, 0.717) is 5.92 Å². The zero-order chi connectivity index (χ0) is 11.0. The summed E-state index contributed by atoms with van der Waals surface area (Å²) in [7, 11) is 0. The minimum absolute atomic E-state index is 0.475. The van der Waals surface area contributed by atoms with Gasteiger partial charge in [-0.3, -0.25) is 0 Å². The molecule has 0 rings (SSSR count). The van der Waals surface area contributed by atoms with Crippen molar-refractivity contribution in [3.63, 3.8) is 0 Å². The monoisotopic (exact) mass is 191 g/mol. The van der Waals surface area contributed by atoms with Crippen LogP contribution in [0.25, 0.3) is 0 Å². The van der Waals surface area contributed by atoms with E-state index >= 15 is 0 Å². The Morgan fingerprint density at radius 3 is 2.50 bits per heavy atom. The Bertz CT molecular complexity index is 244. The van der Waals surface area contributed by atoms with Crippen LogP contribution in [0, 0.1) is 5.92 Å². The number of hydrogen-bond donors (Lipinski definition) is 1. The average Bonchev–Trinajstić information content (AvgIpc) is 2.17. The molecule has 0 fully saturated rings. The lowest BCUT2D eigenvalue weighted by atomic mass is 10.1. The van der Waals surface area contributed by atoms with E-state index in [-0.39, 0.29) is 0 Å². The lowest BCUT2D eigenvalue weighted by Crippen LogP contribution is -2.18. The van der Waals surface area contributed by atoms with Crippen LogP contribution >= 0.6 is 0 Å². The van der Waals surface area contributed by atoms with Gasteiger partial charge < -0.3 is 5.32 Å². The van der Waals surface area contributed by atoms with Gasteiger partial charge >= 0.3 is 0 Å². The minimum Gasteiger partial charge on any atom is -0.385 e. The molecule has 0 aromatic carbocycles. The highest BCUT2D eigenvalue weighted by Gasteiger charge is 1.98. The van der Waals surface area contributed by atoms with E-state index in [4.69, 9.17) is 0 Å². The summed E-state index contributed by atoms with van der Waals surface area (Å²) in [5, 5.41) is 3.27. The Morgan fingerprint density at radius 1 is 1.43 bits per heavy atom. The smallest absolute Gasteiger partial charge is 0.0397 e. The van der Waals surface area contributed by atoms with Crippen molar-refractivity contribution >= 4 is 0 Å². The Labute approximate surface area is 87.9 Å². The van der Waals surface area contributed by atoms with Crippen LogP contribution < -0.4 is 5.32 Å². The van der Waals surface area contributed by atoms with E-state index in [1.165, 1.54) is 5.57 Å². The van der Waals surface area contributed by atoms with E-state index in [0.717, 1.165) is 12.2 Å². The summed E-state index contributed by atoms with van der Waals surface area (Å²) in [4.78, 5) is 0. The van der Waals surface area contributed by atoms with E-state index in [1.807, 2.05) is 31.2 Å². The molecule has 0 spiro atoms. The SMILES string of the molecule is C=C/C(=C\C=C/C)CNC(=C)C(C)C. The molecule has 0 aliphatic carbocycles. The fraction of sp³-hybridized carbons (Fsp3) is 0.385. The van der Waals surface area contributed by atoms with Gasteiger partial charge in [0, 0.05) is 12.2 Å². The molecule has 0 aromatic rings. The van der Waals surface area contributed by atoms with Gasteiger partial charge in [0.15, 0.2) is 0 Å². The second-order valence-corrected chi connectivity index (χ2v) is 3.50. The zero-order valence-electron chi connectivity index (χ0n) is 9.51. The third-order valence-corrected chi connectivity index (χ3v) is 1.98. The molecule has 0 amide bonds. The standard InChI is InChI=1S/C13H21N/c1-6-8-9-13(7-2)10-14-12(5)11(3)4/h6-9,11,14H,2,5,10H2,1,3-4H3/b8-6-,13-9+. The number of rotatable bonds is 6. The maximum atomic E-state index is 3.95. The Hall–Kier alpha value is -1.24. The van der Waals surface area contributed by atoms with Gasteiger partial charge in [-0.05, 0) is 18.4 Å². The van der Waals surface area contributed by atoms with Crippen LogP contribution in [0.1, 0.15) is 20.8 Å². The molecule has 0 radical (unpaired) electrons. The molecule has 0 aliphatic rings. The summed E-state index contributed by atoms with van der Waals surface area (Å²) in [5.74, 6) is 0.475. The molecule has 0 atom stereocenters. The molecule has 14 heavy (non-hydrogen) atoms. The maximum Gasteiger partial charge on any atom is 0.0397 e. The molecule has 0 bridgehead atoms. The third kappa shape index (κ3) is 5.41. The molecule has 1 heteroatoms. The predicted octanol–water partition coefficient (Wildman–Crippen LogP) is 3.43. The summed E-state index contributed by atoms with van der Waals surface area (Å²) in [6.07, 6.45) is 7.92. The van der Waals surface area contributed by atoms with Gasteiger partial charge in [0.1, 0.15) is 0 Å². The number of nitrogens with one attached hydrogen (secondary N) is 1. The summed E-state index contributed by atoms with van der Waals surface area (Å²) in [5.41, 5.74) is 2.24. The van der Waals surface area contributed by atoms with Crippen molar-refractivity contribution in [2.45, 2.75) is 20.8 Å². The van der Waals surface area contributed by atoms with Crippen molar-refractivity contribution in [1.29, 1.82) is 0 Å². The Balaban J connectivity index is 4.09. The molecule has 0 aromatic heterocycles. The normalized spacial score (nSPS) is 12.1. The first-order chi connectivity index (χ1) is 6.61. The second-order valence-electron chi connectivity index (χ2n) is 3.50. The lowest BCUT2D eigenvalue weighted by Gasteiger charge is -2.12. The van der Waals surface area contributed by atoms with Crippen LogP contribution in [0.2, 0.25) is 0 Å². The van der Waals surface area contributed by atoms with Crippen molar-refractivity contribution in [1.82, 2.24) is 5.32 Å². The first-order valence-corrected chi connectivity index (χ1v) is 4.98. The van der Waals surface area contributed by atoms with Crippen LogP contribution in [0.4, 0.5) is 0 Å². The van der Waals surface area contributed by atoms with Crippen molar-refractivity contribution in [3.8, 4) is 0 Å². The van der Waals surface area contributed by atoms with Crippen LogP contribution in [0.15, 0.2) is 48.7 Å². The molecule has 1 N–H and O–H groups in total. The molecule has 0 saturated heterocycles. The van der Waals surface area contributed by atoms with E-state index in [9.17, 15) is 0 Å². The fourth-order valence-electron chi connectivity index (χ4n) is 0.839. The molecular formula is C13H21N. The van der Waals surface area contributed by atoms with Crippen LogP contribution in [-0.2, 0) is 0 Å². The molecule has 1 nitrogen and oxygen atoms in total. The minimum atomic E-state index is 0.475. The molecule has 78 valence electrons. The molecule has 0 saturated carbocycles. The van der Waals surface area contributed by atoms with Crippen LogP contribution in [-0.4, -0.2) is 6.54 Å². The van der Waals surface area contributed by atoms with Gasteiger partial charge in [0.2, 0.25) is 0 Å². The largest absolute Gasteiger partial charge is 0.385 e. The first-order valence-electron chi connectivity index (χ1n) is 4.98. The van der Waals surface area contributed by atoms with Gasteiger partial charge in [0.05, 0.1) is 0 Å². The number of hydrogen-bond acceptors (Lipinski definition) is 1. The lowest BCUT2D eigenvalue weighted by molar-refractivity contribution is 0.680. The van der Waals surface area contributed by atoms with Crippen LogP contribution in [0.3, 0.4) is 0 Å². The van der Waals surface area contributed by atoms with Gasteiger partial charge in [-0.15, -0.1) is 0 Å². The first kappa shape index (κ1) is 12.8. The molecule has 0 unspecified atom stereocenters. The summed E-state index contributed by atoms with van der Waals surface area (Å²) in [6.45, 7) is 14.8. The Morgan fingerprint density at radius 2 is 2.07 bits per heavy atom. The zero-order valence-corrected chi connectivity index (χ0v) is 9.51. The predicted molar refractivity (Wildman–Crippen MR) is 65.1 cm³/mol. The fourth-order valence-corrected chi connectivity index (χ4v) is 0.839. The molecule has 0 heterocycles. The highest BCUT2D eigenvalue weighted by atomic mass is 14.9. The van der Waals surface area contributed by atoms with Gasteiger partial charge in [-0.2, -0.15) is 0 Å². The van der Waals surface area contributed by atoms with Gasteiger partial charge in [-0.25, -0.2) is 0 Å². The summed E-state index contributed by atoms with van der Waals surface area (Å²) < 4.78 is 0. The molecular weight excluding hydrogens is 170 g/mol. The highest BCUT2D eigenvalue weighted by Crippen LogP contribution is 2.03. The van der Waals surface area contributed by atoms with Gasteiger partial charge in [-0.1, -0.05) is 51.3 Å². The highest BCUT2D eigenvalue weighted by molar-refractivity contribution is 5.24. The topological polar surface area (TPSA) is 12.0 Å². The van der Waals surface area contributed by atoms with Crippen molar-refractivity contribution in [2.75, 3.05) is 6.54 Å². The second kappa shape index (κ2) is 7.19. The molecule has 0 aliphatic heterocycles. The van der Waals surface area contributed by atoms with E-state index < -0.39 is 0 Å².